The molecule has 0 spiro atoms. The van der Waals surface area contributed by atoms with E-state index in [1.165, 1.54) is 11.1 Å². The van der Waals surface area contributed by atoms with Crippen LogP contribution in [0.3, 0.4) is 0 Å². The van der Waals surface area contributed by atoms with Crippen molar-refractivity contribution < 1.29 is 9.90 Å². The Balaban J connectivity index is 1.67. The fourth-order valence-corrected chi connectivity index (χ4v) is 3.94. The van der Waals surface area contributed by atoms with Crippen molar-refractivity contribution in [1.29, 1.82) is 0 Å². The van der Waals surface area contributed by atoms with Crippen LogP contribution in [0.25, 0.3) is 17.0 Å². The molecule has 0 atom stereocenters. The highest BCUT2D eigenvalue weighted by Crippen LogP contribution is 2.28. The van der Waals surface area contributed by atoms with E-state index in [0.29, 0.717) is 25.3 Å². The highest BCUT2D eigenvalue weighted by Gasteiger charge is 2.22. The fourth-order valence-electron chi connectivity index (χ4n) is 3.94. The Morgan fingerprint density at radius 2 is 1.65 bits per heavy atom. The minimum absolute atomic E-state index is 0.338. The lowest BCUT2D eigenvalue weighted by atomic mass is 10.1. The Morgan fingerprint density at radius 1 is 0.968 bits per heavy atom. The van der Waals surface area contributed by atoms with Crippen LogP contribution in [0.4, 0.5) is 0 Å². The Hall–Kier alpha value is -3.63. The molecule has 31 heavy (non-hydrogen) atoms. The van der Waals surface area contributed by atoms with Gasteiger partial charge in [-0.25, -0.2) is 4.79 Å². The summed E-state index contributed by atoms with van der Waals surface area (Å²) in [5, 5.41) is 14.5. The zero-order chi connectivity index (χ0) is 21.8. The quantitative estimate of drug-likeness (QED) is 0.396. The molecule has 0 radical (unpaired) electrons. The molecule has 2 N–H and O–H groups in total. The normalized spacial score (nSPS) is 11.0. The van der Waals surface area contributed by atoms with Crippen molar-refractivity contribution in [2.45, 2.75) is 26.6 Å². The van der Waals surface area contributed by atoms with Gasteiger partial charge in [0.15, 0.2) is 0 Å². The van der Waals surface area contributed by atoms with Crippen molar-refractivity contribution in [1.82, 2.24) is 9.88 Å². The molecule has 4 nitrogen and oxygen atoms in total. The van der Waals surface area contributed by atoms with Crippen LogP contribution in [0.15, 0.2) is 79.4 Å². The second kappa shape index (κ2) is 9.02. The molecule has 0 aliphatic heterocycles. The second-order valence-corrected chi connectivity index (χ2v) is 7.77. The van der Waals surface area contributed by atoms with Crippen LogP contribution in [-0.2, 0) is 19.6 Å². The maximum Gasteiger partial charge on any atom is 0.352 e. The first-order valence-electron chi connectivity index (χ1n) is 10.4. The molecule has 156 valence electrons. The van der Waals surface area contributed by atoms with E-state index in [1.54, 1.807) is 6.08 Å². The van der Waals surface area contributed by atoms with E-state index >= 15 is 0 Å². The number of hydrogen-bond donors (Lipinski definition) is 2. The molecular weight excluding hydrogens is 384 g/mol. The van der Waals surface area contributed by atoms with Gasteiger partial charge in [0.1, 0.15) is 5.69 Å². The number of para-hydroxylation sites is 1. The smallest absolute Gasteiger partial charge is 0.352 e. The van der Waals surface area contributed by atoms with Gasteiger partial charge in [0.05, 0.1) is 0 Å². The van der Waals surface area contributed by atoms with Crippen LogP contribution in [0.1, 0.15) is 38.3 Å². The molecule has 1 aromatic heterocycles. The number of nitrogens with one attached hydrogen (secondary N) is 1. The maximum atomic E-state index is 12.3. The largest absolute Gasteiger partial charge is 0.477 e. The van der Waals surface area contributed by atoms with E-state index < -0.39 is 5.97 Å². The summed E-state index contributed by atoms with van der Waals surface area (Å²) >= 11 is 0. The SMILES string of the molecule is C=Cc1ccc(Cn2c(C(=O)O)c(CNCc3ccc(C)cc3)c3ccccc32)cc1. The van der Waals surface area contributed by atoms with Crippen LogP contribution in [0.2, 0.25) is 0 Å². The molecule has 3 aromatic carbocycles. The number of fused-ring (bicyclic) bond motifs is 1. The standard InChI is InChI=1S/C27H26N2O2/c1-3-20-12-14-22(15-13-20)18-29-25-7-5-4-6-23(25)24(26(29)27(30)31)17-28-16-21-10-8-19(2)9-11-21/h3-15,28H,1,16-18H2,2H3,(H,30,31). The van der Waals surface area contributed by atoms with Gasteiger partial charge < -0.3 is 15.0 Å². The molecule has 4 rings (SSSR count). The lowest BCUT2D eigenvalue weighted by Gasteiger charge is -2.10. The number of nitrogens with zero attached hydrogens (tertiary/aromatic N) is 1. The number of aromatic carboxylic acids is 1. The average molecular weight is 411 g/mol. The zero-order valence-corrected chi connectivity index (χ0v) is 17.6. The molecule has 0 aliphatic rings. The third kappa shape index (κ3) is 4.44. The van der Waals surface area contributed by atoms with Crippen molar-refractivity contribution in [3.8, 4) is 0 Å². The first-order chi connectivity index (χ1) is 15.1. The number of benzene rings is 3. The zero-order valence-electron chi connectivity index (χ0n) is 17.6. The maximum absolute atomic E-state index is 12.3. The number of carbonyl (C=O) groups is 1. The minimum atomic E-state index is -0.911. The number of carboxylic acid groups (broad SMARTS) is 1. The molecule has 0 amide bonds. The Bertz CT molecular complexity index is 1220. The molecule has 0 saturated carbocycles. The molecule has 4 aromatic rings. The van der Waals surface area contributed by atoms with Gasteiger partial charge in [0.2, 0.25) is 0 Å². The van der Waals surface area contributed by atoms with Crippen molar-refractivity contribution in [2.24, 2.45) is 0 Å². The van der Waals surface area contributed by atoms with Crippen LogP contribution >= 0.6 is 0 Å². The van der Waals surface area contributed by atoms with Gasteiger partial charge in [0.25, 0.3) is 0 Å². The summed E-state index contributed by atoms with van der Waals surface area (Å²) in [6.45, 7) is 7.52. The van der Waals surface area contributed by atoms with Crippen LogP contribution < -0.4 is 5.32 Å². The van der Waals surface area contributed by atoms with Gasteiger partial charge >= 0.3 is 5.97 Å². The second-order valence-electron chi connectivity index (χ2n) is 7.77. The van der Waals surface area contributed by atoms with Gasteiger partial charge in [-0.1, -0.05) is 84.9 Å². The number of hydrogen-bond acceptors (Lipinski definition) is 2. The third-order valence-electron chi connectivity index (χ3n) is 5.59. The summed E-state index contributed by atoms with van der Waals surface area (Å²) in [6.07, 6.45) is 1.80. The minimum Gasteiger partial charge on any atom is -0.477 e. The van der Waals surface area contributed by atoms with Crippen molar-refractivity contribution in [3.05, 3.63) is 113 Å². The first-order valence-corrected chi connectivity index (χ1v) is 10.4. The molecular formula is C27H26N2O2. The van der Waals surface area contributed by atoms with Crippen molar-refractivity contribution in [2.75, 3.05) is 0 Å². The fraction of sp³-hybridized carbons (Fsp3) is 0.148. The highest BCUT2D eigenvalue weighted by atomic mass is 16.4. The molecule has 1 heterocycles. The summed E-state index contributed by atoms with van der Waals surface area (Å²) in [5.74, 6) is -0.911. The summed E-state index contributed by atoms with van der Waals surface area (Å²) in [5.41, 5.74) is 6.58. The van der Waals surface area contributed by atoms with E-state index in [2.05, 4.69) is 43.1 Å². The predicted molar refractivity (Wildman–Crippen MR) is 126 cm³/mol. The number of rotatable bonds is 8. The summed E-state index contributed by atoms with van der Waals surface area (Å²) in [4.78, 5) is 12.3. The van der Waals surface area contributed by atoms with Crippen LogP contribution in [0.5, 0.6) is 0 Å². The third-order valence-corrected chi connectivity index (χ3v) is 5.59. The van der Waals surface area contributed by atoms with Gasteiger partial charge in [-0.2, -0.15) is 0 Å². The monoisotopic (exact) mass is 410 g/mol. The van der Waals surface area contributed by atoms with E-state index in [0.717, 1.165) is 27.6 Å². The summed E-state index contributed by atoms with van der Waals surface area (Å²) < 4.78 is 1.91. The van der Waals surface area contributed by atoms with Gasteiger partial charge in [-0.05, 0) is 29.7 Å². The topological polar surface area (TPSA) is 54.3 Å². The molecule has 0 aliphatic carbocycles. The van der Waals surface area contributed by atoms with E-state index in [1.807, 2.05) is 53.1 Å². The highest BCUT2D eigenvalue weighted by molar-refractivity contribution is 5.98. The number of aromatic nitrogens is 1. The van der Waals surface area contributed by atoms with Gasteiger partial charge in [-0.15, -0.1) is 0 Å². The predicted octanol–water partition coefficient (Wildman–Crippen LogP) is 5.63. The Morgan fingerprint density at radius 3 is 2.32 bits per heavy atom. The molecule has 0 fully saturated rings. The van der Waals surface area contributed by atoms with E-state index in [-0.39, 0.29) is 0 Å². The summed E-state index contributed by atoms with van der Waals surface area (Å²) in [7, 11) is 0. The Kier molecular flexibility index (Phi) is 6.01. The summed E-state index contributed by atoms with van der Waals surface area (Å²) in [6, 6.07) is 24.3. The lowest BCUT2D eigenvalue weighted by molar-refractivity contribution is 0.0685. The number of aryl methyl sites for hydroxylation is 1. The van der Waals surface area contributed by atoms with Crippen molar-refractivity contribution in [3.63, 3.8) is 0 Å². The molecule has 0 unspecified atom stereocenters. The Labute approximate surface area is 182 Å². The van der Waals surface area contributed by atoms with Gasteiger partial charge in [-0.3, -0.25) is 0 Å². The van der Waals surface area contributed by atoms with Crippen LogP contribution in [-0.4, -0.2) is 15.6 Å². The molecule has 0 bridgehead atoms. The van der Waals surface area contributed by atoms with Crippen LogP contribution in [0, 0.1) is 6.92 Å². The lowest BCUT2D eigenvalue weighted by Crippen LogP contribution is -2.17. The van der Waals surface area contributed by atoms with Crippen molar-refractivity contribution >= 4 is 22.9 Å². The average Bonchev–Trinajstić information content (AvgIpc) is 3.09. The molecule has 0 saturated heterocycles. The van der Waals surface area contributed by atoms with E-state index in [9.17, 15) is 9.90 Å². The first kappa shape index (κ1) is 20.6. The molecule has 4 heteroatoms. The number of carboxylic acids is 1. The van der Waals surface area contributed by atoms with Gasteiger partial charge in [0, 0.05) is 36.1 Å². The van der Waals surface area contributed by atoms with E-state index in [4.69, 9.17) is 0 Å².